The van der Waals surface area contributed by atoms with E-state index in [1.165, 1.54) is 17.0 Å². The van der Waals surface area contributed by atoms with Crippen LogP contribution < -0.4 is 5.73 Å². The summed E-state index contributed by atoms with van der Waals surface area (Å²) < 4.78 is 38.1. The maximum absolute atomic E-state index is 12.7. The number of nitrogens with zero attached hydrogens (tertiary/aromatic N) is 2. The Morgan fingerprint density at radius 3 is 2.26 bits per heavy atom. The third-order valence-corrected chi connectivity index (χ3v) is 3.71. The van der Waals surface area contributed by atoms with Gasteiger partial charge in [-0.2, -0.15) is 13.2 Å². The van der Waals surface area contributed by atoms with E-state index in [4.69, 9.17) is 5.73 Å². The topological polar surface area (TPSA) is 66.6 Å². The van der Waals surface area contributed by atoms with Gasteiger partial charge in [0.1, 0.15) is 0 Å². The highest BCUT2D eigenvalue weighted by molar-refractivity contribution is 5.94. The number of carbonyl (C=O) groups is 2. The lowest BCUT2D eigenvalue weighted by atomic mass is 10.1. The Bertz CT molecular complexity index is 582. The molecule has 1 aromatic carbocycles. The Kier molecular flexibility index (Phi) is 5.25. The van der Waals surface area contributed by atoms with Crippen molar-refractivity contribution in [1.29, 1.82) is 0 Å². The zero-order valence-corrected chi connectivity index (χ0v) is 12.5. The Balaban J connectivity index is 2.02. The molecule has 1 aliphatic rings. The van der Waals surface area contributed by atoms with E-state index in [-0.39, 0.29) is 24.4 Å². The number of nitrogens with two attached hydrogens (primary N) is 1. The van der Waals surface area contributed by atoms with Crippen molar-refractivity contribution in [3.63, 3.8) is 0 Å². The first-order chi connectivity index (χ1) is 10.8. The average molecular weight is 329 g/mol. The van der Waals surface area contributed by atoms with E-state index in [0.717, 1.165) is 12.1 Å². The first kappa shape index (κ1) is 17.3. The van der Waals surface area contributed by atoms with E-state index in [1.54, 1.807) is 4.90 Å². The molecule has 126 valence electrons. The number of carbonyl (C=O) groups excluding carboxylic acids is 2. The van der Waals surface area contributed by atoms with Gasteiger partial charge in [-0.15, -0.1) is 0 Å². The van der Waals surface area contributed by atoms with Crippen molar-refractivity contribution in [3.8, 4) is 0 Å². The van der Waals surface area contributed by atoms with Crippen LogP contribution in [0.3, 0.4) is 0 Å². The molecule has 1 aliphatic heterocycles. The third-order valence-electron chi connectivity index (χ3n) is 3.71. The summed E-state index contributed by atoms with van der Waals surface area (Å²) in [6.07, 6.45) is -4.23. The van der Waals surface area contributed by atoms with Crippen LogP contribution >= 0.6 is 0 Å². The van der Waals surface area contributed by atoms with E-state index in [2.05, 4.69) is 0 Å². The molecule has 0 unspecified atom stereocenters. The van der Waals surface area contributed by atoms with Crippen molar-refractivity contribution in [2.75, 3.05) is 32.7 Å². The fourth-order valence-corrected chi connectivity index (χ4v) is 2.45. The second kappa shape index (κ2) is 6.99. The molecule has 8 heteroatoms. The van der Waals surface area contributed by atoms with E-state index in [0.29, 0.717) is 26.2 Å². The van der Waals surface area contributed by atoms with Crippen LogP contribution in [0.15, 0.2) is 24.3 Å². The van der Waals surface area contributed by atoms with Crippen LogP contribution in [0.25, 0.3) is 0 Å². The zero-order chi connectivity index (χ0) is 17.0. The number of hydrogen-bond acceptors (Lipinski definition) is 3. The van der Waals surface area contributed by atoms with Crippen LogP contribution in [0, 0.1) is 0 Å². The minimum absolute atomic E-state index is 0.00144. The van der Waals surface area contributed by atoms with Crippen molar-refractivity contribution in [3.05, 3.63) is 35.4 Å². The smallest absolute Gasteiger partial charge is 0.339 e. The van der Waals surface area contributed by atoms with E-state index >= 15 is 0 Å². The first-order valence-corrected chi connectivity index (χ1v) is 7.27. The summed E-state index contributed by atoms with van der Waals surface area (Å²) in [5, 5.41) is 0. The van der Waals surface area contributed by atoms with Gasteiger partial charge in [-0.25, -0.2) is 0 Å². The molecule has 2 N–H and O–H groups in total. The second-order valence-electron chi connectivity index (χ2n) is 5.29. The largest absolute Gasteiger partial charge is 0.416 e. The van der Waals surface area contributed by atoms with Crippen molar-refractivity contribution in [2.45, 2.75) is 12.6 Å². The number of amides is 2. The summed E-state index contributed by atoms with van der Waals surface area (Å²) in [7, 11) is 0. The first-order valence-electron chi connectivity index (χ1n) is 7.27. The summed E-state index contributed by atoms with van der Waals surface area (Å²) in [6.45, 7) is 1.59. The molecule has 0 bridgehead atoms. The SMILES string of the molecule is NCCC(=O)N1CCN(C(=O)c2cccc(C(F)(F)F)c2)CC1. The van der Waals surface area contributed by atoms with Gasteiger partial charge in [-0.05, 0) is 18.2 Å². The highest BCUT2D eigenvalue weighted by atomic mass is 19.4. The highest BCUT2D eigenvalue weighted by Gasteiger charge is 2.32. The summed E-state index contributed by atoms with van der Waals surface area (Å²) in [5.41, 5.74) is 4.49. The number of hydrogen-bond donors (Lipinski definition) is 1. The molecule has 0 radical (unpaired) electrons. The number of alkyl halides is 3. The van der Waals surface area contributed by atoms with Crippen LogP contribution in [-0.2, 0) is 11.0 Å². The monoisotopic (exact) mass is 329 g/mol. The lowest BCUT2D eigenvalue weighted by molar-refractivity contribution is -0.137. The number of halogens is 3. The average Bonchev–Trinajstić information content (AvgIpc) is 2.54. The third kappa shape index (κ3) is 4.22. The number of benzene rings is 1. The van der Waals surface area contributed by atoms with Crippen molar-refractivity contribution in [2.24, 2.45) is 5.73 Å². The van der Waals surface area contributed by atoms with Gasteiger partial charge in [0, 0.05) is 44.7 Å². The van der Waals surface area contributed by atoms with Gasteiger partial charge in [0.25, 0.3) is 5.91 Å². The van der Waals surface area contributed by atoms with Crippen molar-refractivity contribution < 1.29 is 22.8 Å². The van der Waals surface area contributed by atoms with E-state index in [9.17, 15) is 22.8 Å². The molecule has 0 spiro atoms. The molecule has 0 atom stereocenters. The molecule has 23 heavy (non-hydrogen) atoms. The lowest BCUT2D eigenvalue weighted by Gasteiger charge is -2.35. The maximum Gasteiger partial charge on any atom is 0.416 e. The Labute approximate surface area is 131 Å². The summed E-state index contributed by atoms with van der Waals surface area (Å²) in [4.78, 5) is 27.1. The Hall–Kier alpha value is -2.09. The number of piperazine rings is 1. The fourth-order valence-electron chi connectivity index (χ4n) is 2.45. The molecular formula is C15H18F3N3O2. The predicted molar refractivity (Wildman–Crippen MR) is 77.6 cm³/mol. The van der Waals surface area contributed by atoms with Gasteiger partial charge in [0.05, 0.1) is 5.56 Å². The van der Waals surface area contributed by atoms with Crippen molar-refractivity contribution in [1.82, 2.24) is 9.80 Å². The van der Waals surface area contributed by atoms with Crippen LogP contribution in [0.1, 0.15) is 22.3 Å². The van der Waals surface area contributed by atoms with Crippen LogP contribution in [0.4, 0.5) is 13.2 Å². The summed E-state index contributed by atoms with van der Waals surface area (Å²) in [5.74, 6) is -0.527. The van der Waals surface area contributed by atoms with Gasteiger partial charge in [-0.3, -0.25) is 9.59 Å². The molecule has 2 rings (SSSR count). The van der Waals surface area contributed by atoms with Crippen molar-refractivity contribution >= 4 is 11.8 Å². The van der Waals surface area contributed by atoms with Crippen LogP contribution in [-0.4, -0.2) is 54.3 Å². The molecule has 1 aromatic rings. The Morgan fingerprint density at radius 1 is 1.09 bits per heavy atom. The molecule has 5 nitrogen and oxygen atoms in total. The Morgan fingerprint density at radius 2 is 1.70 bits per heavy atom. The van der Waals surface area contributed by atoms with Crippen LogP contribution in [0.5, 0.6) is 0 Å². The highest BCUT2D eigenvalue weighted by Crippen LogP contribution is 2.29. The van der Waals surface area contributed by atoms with Crippen LogP contribution in [0.2, 0.25) is 0 Å². The molecule has 0 saturated carbocycles. The minimum atomic E-state index is -4.48. The maximum atomic E-state index is 12.7. The molecule has 1 fully saturated rings. The lowest BCUT2D eigenvalue weighted by Crippen LogP contribution is -2.50. The quantitative estimate of drug-likeness (QED) is 0.910. The normalized spacial score (nSPS) is 15.7. The van der Waals surface area contributed by atoms with Gasteiger partial charge < -0.3 is 15.5 Å². The molecule has 1 saturated heterocycles. The molecule has 2 amide bonds. The van der Waals surface area contributed by atoms with Gasteiger partial charge >= 0.3 is 6.18 Å². The summed E-state index contributed by atoms with van der Waals surface area (Å²) >= 11 is 0. The van der Waals surface area contributed by atoms with Gasteiger partial charge in [0.15, 0.2) is 0 Å². The summed E-state index contributed by atoms with van der Waals surface area (Å²) in [6, 6.07) is 4.37. The van der Waals surface area contributed by atoms with E-state index in [1.807, 2.05) is 0 Å². The number of rotatable bonds is 3. The standard InChI is InChI=1S/C15H18F3N3O2/c16-15(17,18)12-3-1-2-11(10-12)14(23)21-8-6-20(7-9-21)13(22)4-5-19/h1-3,10H,4-9,19H2. The second-order valence-corrected chi connectivity index (χ2v) is 5.29. The van der Waals surface area contributed by atoms with Gasteiger partial charge in [0.2, 0.25) is 5.91 Å². The molecule has 0 aromatic heterocycles. The molecule has 0 aliphatic carbocycles. The zero-order valence-electron chi connectivity index (χ0n) is 12.5. The van der Waals surface area contributed by atoms with Gasteiger partial charge in [-0.1, -0.05) is 6.07 Å². The minimum Gasteiger partial charge on any atom is -0.339 e. The predicted octanol–water partition coefficient (Wildman–Crippen LogP) is 1.34. The molecule has 1 heterocycles. The van der Waals surface area contributed by atoms with E-state index < -0.39 is 17.6 Å². The fraction of sp³-hybridized carbons (Fsp3) is 0.467. The molecular weight excluding hydrogens is 311 g/mol.